The van der Waals surface area contributed by atoms with Crippen LogP contribution in [-0.4, -0.2) is 68.1 Å². The zero-order valence-electron chi connectivity index (χ0n) is 18.3. The molecule has 1 saturated carbocycles. The Kier molecular flexibility index (Phi) is 5.65. The first-order valence-corrected chi connectivity index (χ1v) is 10.7. The number of alkyl carbamates (subject to hydrolysis) is 1. The Morgan fingerprint density at radius 2 is 2.17 bits per heavy atom. The third kappa shape index (κ3) is 5.23. The molecule has 0 spiro atoms. The maximum Gasteiger partial charge on any atom is 0.422 e. The van der Waals surface area contributed by atoms with Crippen LogP contribution in [0.25, 0.3) is 5.52 Å². The van der Waals surface area contributed by atoms with Crippen LogP contribution in [-0.2, 0) is 9.47 Å². The second-order valence-electron chi connectivity index (χ2n) is 8.65. The minimum absolute atomic E-state index is 0.116. The molecule has 4 heterocycles. The summed E-state index contributed by atoms with van der Waals surface area (Å²) in [6, 6.07) is 2.79. The Balaban J connectivity index is 1.24. The molecule has 3 aromatic heterocycles. The number of halogens is 4. The lowest BCUT2D eigenvalue weighted by Crippen LogP contribution is -2.39. The summed E-state index contributed by atoms with van der Waals surface area (Å²) in [5, 5.41) is 16.3. The number of rotatable bonds is 7. The summed E-state index contributed by atoms with van der Waals surface area (Å²) in [5.74, 6) is 0.251. The SMILES string of the molecule is CC1(NC(=O)O[C@@H]2CO[C@H](c3cc(Nc4nccn5nc(OCC(F)(F)F)cc45)n[nH]3)[C@H]2F)CC1. The van der Waals surface area contributed by atoms with Crippen molar-refractivity contribution in [2.45, 2.75) is 49.9 Å². The van der Waals surface area contributed by atoms with Crippen LogP contribution in [0, 0.1) is 0 Å². The summed E-state index contributed by atoms with van der Waals surface area (Å²) in [4.78, 5) is 16.1. The smallest absolute Gasteiger partial charge is 0.422 e. The van der Waals surface area contributed by atoms with Gasteiger partial charge in [0.1, 0.15) is 11.6 Å². The van der Waals surface area contributed by atoms with E-state index in [1.165, 1.54) is 29.0 Å². The molecule has 2 fully saturated rings. The van der Waals surface area contributed by atoms with E-state index in [1.54, 1.807) is 0 Å². The lowest BCUT2D eigenvalue weighted by atomic mass is 10.1. The molecule has 5 rings (SSSR count). The van der Waals surface area contributed by atoms with E-state index in [4.69, 9.17) is 9.47 Å². The van der Waals surface area contributed by atoms with E-state index in [2.05, 4.69) is 35.7 Å². The minimum Gasteiger partial charge on any atom is -0.467 e. The molecule has 0 aromatic carbocycles. The maximum absolute atomic E-state index is 14.9. The lowest BCUT2D eigenvalue weighted by Gasteiger charge is -2.17. The zero-order valence-corrected chi connectivity index (χ0v) is 18.3. The monoisotopic (exact) mass is 499 g/mol. The van der Waals surface area contributed by atoms with Gasteiger partial charge in [-0.1, -0.05) is 0 Å². The molecule has 1 aliphatic heterocycles. The molecule has 188 valence electrons. The van der Waals surface area contributed by atoms with E-state index in [1.807, 2.05) is 6.92 Å². The first-order valence-electron chi connectivity index (χ1n) is 10.7. The number of carbonyl (C=O) groups excluding carboxylic acids is 1. The van der Waals surface area contributed by atoms with E-state index in [9.17, 15) is 22.4 Å². The predicted molar refractivity (Wildman–Crippen MR) is 111 cm³/mol. The first-order chi connectivity index (χ1) is 16.6. The highest BCUT2D eigenvalue weighted by atomic mass is 19.4. The van der Waals surface area contributed by atoms with Gasteiger partial charge in [0, 0.05) is 30.1 Å². The molecule has 11 nitrogen and oxygen atoms in total. The highest BCUT2D eigenvalue weighted by Gasteiger charge is 2.44. The third-order valence-electron chi connectivity index (χ3n) is 5.65. The number of hydrogen-bond acceptors (Lipinski definition) is 8. The summed E-state index contributed by atoms with van der Waals surface area (Å²) in [6.07, 6.45) is -4.39. The molecule has 3 aromatic rings. The van der Waals surface area contributed by atoms with Gasteiger partial charge in [-0.2, -0.15) is 18.3 Å². The van der Waals surface area contributed by atoms with Crippen molar-refractivity contribution in [1.82, 2.24) is 30.1 Å². The van der Waals surface area contributed by atoms with Gasteiger partial charge in [-0.05, 0) is 19.8 Å². The molecular formula is C20H21F4N7O4. The molecule has 15 heteroatoms. The fourth-order valence-electron chi connectivity index (χ4n) is 3.55. The van der Waals surface area contributed by atoms with Crippen LogP contribution in [0.5, 0.6) is 5.88 Å². The lowest BCUT2D eigenvalue weighted by molar-refractivity contribution is -0.154. The van der Waals surface area contributed by atoms with E-state index in [0.717, 1.165) is 12.8 Å². The fourth-order valence-corrected chi connectivity index (χ4v) is 3.55. The maximum atomic E-state index is 14.9. The van der Waals surface area contributed by atoms with Crippen LogP contribution in [0.2, 0.25) is 0 Å². The summed E-state index contributed by atoms with van der Waals surface area (Å²) >= 11 is 0. The standard InChI is InChI=1S/C20H21F4N7O4/c1-19(2-3-19)27-18(32)35-12-8-33-16(15(12)21)10-6-13(29-28-10)26-17-11-7-14(34-9-20(22,23)24)30-31(11)5-4-25-17/h4-7,12,15-16H,2-3,8-9H2,1H3,(H,27,32)(H2,25,26,28,29)/t12-,15+,16-/m1/s1. The Hall–Kier alpha value is -3.62. The van der Waals surface area contributed by atoms with Gasteiger partial charge in [0.05, 0.1) is 12.3 Å². The van der Waals surface area contributed by atoms with Crippen molar-refractivity contribution in [3.05, 3.63) is 30.2 Å². The highest BCUT2D eigenvalue weighted by molar-refractivity contribution is 5.73. The number of aromatic amines is 1. The summed E-state index contributed by atoms with van der Waals surface area (Å²) in [5.41, 5.74) is 0.345. The largest absolute Gasteiger partial charge is 0.467 e. The Labute approximate surface area is 195 Å². The number of alkyl halides is 4. The average molecular weight is 499 g/mol. The quantitative estimate of drug-likeness (QED) is 0.423. The normalized spacial score (nSPS) is 23.3. The van der Waals surface area contributed by atoms with E-state index in [-0.39, 0.29) is 29.7 Å². The van der Waals surface area contributed by atoms with Gasteiger partial charge < -0.3 is 24.8 Å². The van der Waals surface area contributed by atoms with Gasteiger partial charge in [0.2, 0.25) is 5.88 Å². The molecule has 1 aliphatic carbocycles. The molecule has 1 amide bonds. The van der Waals surface area contributed by atoms with Crippen molar-refractivity contribution < 1.29 is 36.6 Å². The van der Waals surface area contributed by atoms with Crippen molar-refractivity contribution >= 4 is 23.2 Å². The molecule has 3 N–H and O–H groups in total. The first kappa shape index (κ1) is 23.1. The molecule has 35 heavy (non-hydrogen) atoms. The van der Waals surface area contributed by atoms with Gasteiger partial charge in [0.15, 0.2) is 30.5 Å². The van der Waals surface area contributed by atoms with E-state index in [0.29, 0.717) is 11.2 Å². The molecule has 0 bridgehead atoms. The van der Waals surface area contributed by atoms with Crippen molar-refractivity contribution in [2.24, 2.45) is 0 Å². The van der Waals surface area contributed by atoms with Crippen LogP contribution in [0.15, 0.2) is 24.5 Å². The van der Waals surface area contributed by atoms with E-state index < -0.39 is 37.3 Å². The van der Waals surface area contributed by atoms with E-state index >= 15 is 0 Å². The summed E-state index contributed by atoms with van der Waals surface area (Å²) in [6.45, 7) is 0.284. The van der Waals surface area contributed by atoms with Crippen LogP contribution in [0.3, 0.4) is 0 Å². The van der Waals surface area contributed by atoms with Gasteiger partial charge in [0.25, 0.3) is 0 Å². The fraction of sp³-hybridized carbons (Fsp3) is 0.500. The second-order valence-corrected chi connectivity index (χ2v) is 8.65. The van der Waals surface area contributed by atoms with Crippen LogP contribution < -0.4 is 15.4 Å². The Morgan fingerprint density at radius 3 is 2.91 bits per heavy atom. The molecule has 1 saturated heterocycles. The average Bonchev–Trinajstić information content (AvgIpc) is 3.14. The number of nitrogens with zero attached hydrogens (tertiary/aromatic N) is 4. The van der Waals surface area contributed by atoms with Gasteiger partial charge >= 0.3 is 12.3 Å². The number of amides is 1. The molecular weight excluding hydrogens is 478 g/mol. The highest BCUT2D eigenvalue weighted by Crippen LogP contribution is 2.36. The van der Waals surface area contributed by atoms with Gasteiger partial charge in [-0.15, -0.1) is 5.10 Å². The zero-order chi connectivity index (χ0) is 24.8. The van der Waals surface area contributed by atoms with Crippen molar-refractivity contribution in [3.8, 4) is 5.88 Å². The molecule has 3 atom stereocenters. The molecule has 0 unspecified atom stereocenters. The molecule has 2 aliphatic rings. The number of carbonyl (C=O) groups is 1. The second kappa shape index (κ2) is 8.55. The van der Waals surface area contributed by atoms with Gasteiger partial charge in [-0.3, -0.25) is 5.10 Å². The summed E-state index contributed by atoms with van der Waals surface area (Å²) < 4.78 is 68.8. The van der Waals surface area contributed by atoms with Crippen LogP contribution in [0.1, 0.15) is 31.6 Å². The Morgan fingerprint density at radius 1 is 1.37 bits per heavy atom. The Bertz CT molecular complexity index is 1230. The van der Waals surface area contributed by atoms with Crippen molar-refractivity contribution in [3.63, 3.8) is 0 Å². The number of nitrogens with one attached hydrogen (secondary N) is 3. The van der Waals surface area contributed by atoms with Gasteiger partial charge in [-0.25, -0.2) is 18.7 Å². The predicted octanol–water partition coefficient (Wildman–Crippen LogP) is 3.19. The third-order valence-corrected chi connectivity index (χ3v) is 5.65. The number of fused-ring (bicyclic) bond motifs is 1. The summed E-state index contributed by atoms with van der Waals surface area (Å²) in [7, 11) is 0. The molecule has 0 radical (unpaired) electrons. The minimum atomic E-state index is -4.50. The van der Waals surface area contributed by atoms with Crippen LogP contribution >= 0.6 is 0 Å². The number of H-pyrrole nitrogens is 1. The van der Waals surface area contributed by atoms with Crippen molar-refractivity contribution in [2.75, 3.05) is 18.5 Å². The number of aromatic nitrogens is 5. The number of hydrogen-bond donors (Lipinski definition) is 3. The van der Waals surface area contributed by atoms with Crippen molar-refractivity contribution in [1.29, 1.82) is 0 Å². The van der Waals surface area contributed by atoms with Crippen LogP contribution in [0.4, 0.5) is 34.0 Å². The number of anilines is 2. The topological polar surface area (TPSA) is 128 Å². The number of ether oxygens (including phenoxy) is 3.